The van der Waals surface area contributed by atoms with Gasteiger partial charge in [0.05, 0.1) is 19.2 Å². The fraction of sp³-hybridized carbons (Fsp3) is 0.118. The number of hydrogen-bond donors (Lipinski definition) is 2. The first-order valence-electron chi connectivity index (χ1n) is 7.51. The number of anilines is 1. The van der Waals surface area contributed by atoms with E-state index in [0.717, 1.165) is 17.5 Å². The summed E-state index contributed by atoms with van der Waals surface area (Å²) in [6.45, 7) is 0.429. The number of aromatic nitrogens is 3. The van der Waals surface area contributed by atoms with Crippen molar-refractivity contribution in [2.45, 2.75) is 11.4 Å². The number of aromatic hydroxyl groups is 1. The Morgan fingerprint density at radius 1 is 1.35 bits per heavy atom. The van der Waals surface area contributed by atoms with Gasteiger partial charge >= 0.3 is 5.97 Å². The lowest BCUT2D eigenvalue weighted by atomic mass is 10.1. The van der Waals surface area contributed by atoms with Crippen LogP contribution in [0.1, 0.15) is 15.9 Å². The maximum Gasteiger partial charge on any atom is 0.337 e. The fourth-order valence-corrected chi connectivity index (χ4v) is 2.90. The molecule has 0 fully saturated rings. The summed E-state index contributed by atoms with van der Waals surface area (Å²) in [6.07, 6.45) is 3.00. The molecule has 26 heavy (non-hydrogen) atoms. The minimum absolute atomic E-state index is 0.380. The van der Waals surface area contributed by atoms with Crippen LogP contribution in [0.25, 0.3) is 0 Å². The molecule has 134 valence electrons. The largest absolute Gasteiger partial charge is 0.505 e. The lowest BCUT2D eigenvalue weighted by Crippen LogP contribution is -2.06. The Balaban J connectivity index is 1.82. The average molecular weight is 374 g/mol. The van der Waals surface area contributed by atoms with Crippen LogP contribution in [-0.4, -0.2) is 33.0 Å². The van der Waals surface area contributed by atoms with Crippen molar-refractivity contribution in [1.29, 1.82) is 0 Å². The molecule has 0 saturated heterocycles. The molecule has 1 heterocycles. The van der Waals surface area contributed by atoms with E-state index in [4.69, 9.17) is 4.74 Å². The van der Waals surface area contributed by atoms with Crippen LogP contribution < -0.4 is 4.72 Å². The van der Waals surface area contributed by atoms with E-state index in [1.165, 1.54) is 25.6 Å². The predicted molar refractivity (Wildman–Crippen MR) is 94.5 cm³/mol. The first kappa shape index (κ1) is 17.7. The number of rotatable bonds is 6. The van der Waals surface area contributed by atoms with Gasteiger partial charge in [-0.15, -0.1) is 0 Å². The van der Waals surface area contributed by atoms with Gasteiger partial charge in [-0.1, -0.05) is 0 Å². The van der Waals surface area contributed by atoms with E-state index in [1.807, 2.05) is 6.07 Å². The predicted octanol–water partition coefficient (Wildman–Crippen LogP) is 3.08. The number of esters is 1. The Labute approximate surface area is 153 Å². The molecule has 0 atom stereocenters. The Morgan fingerprint density at radius 2 is 2.19 bits per heavy atom. The molecule has 0 spiro atoms. The van der Waals surface area contributed by atoms with Gasteiger partial charge in [-0.25, -0.2) is 18.9 Å². The molecular formula is C17H15FN4O3S. The van der Waals surface area contributed by atoms with Crippen molar-refractivity contribution in [3.05, 3.63) is 66.0 Å². The Morgan fingerprint density at radius 3 is 2.88 bits per heavy atom. The van der Waals surface area contributed by atoms with Gasteiger partial charge in [-0.05, 0) is 53.9 Å². The van der Waals surface area contributed by atoms with E-state index in [9.17, 15) is 14.3 Å². The van der Waals surface area contributed by atoms with Gasteiger partial charge in [0.25, 0.3) is 0 Å². The second kappa shape index (κ2) is 7.87. The molecule has 0 bridgehead atoms. The molecule has 7 nitrogen and oxygen atoms in total. The lowest BCUT2D eigenvalue weighted by molar-refractivity contribution is 0.0600. The van der Waals surface area contributed by atoms with E-state index in [0.29, 0.717) is 22.7 Å². The lowest BCUT2D eigenvalue weighted by Gasteiger charge is -2.11. The van der Waals surface area contributed by atoms with Gasteiger partial charge in [0.2, 0.25) is 0 Å². The van der Waals surface area contributed by atoms with Crippen molar-refractivity contribution in [2.75, 3.05) is 11.8 Å². The highest BCUT2D eigenvalue weighted by Gasteiger charge is 2.10. The Hall–Kier alpha value is -3.07. The summed E-state index contributed by atoms with van der Waals surface area (Å²) < 4.78 is 22.9. The summed E-state index contributed by atoms with van der Waals surface area (Å²) in [7, 11) is 1.31. The number of benzene rings is 2. The van der Waals surface area contributed by atoms with Gasteiger partial charge < -0.3 is 14.6 Å². The molecule has 9 heteroatoms. The van der Waals surface area contributed by atoms with Crippen LogP contribution in [0.3, 0.4) is 0 Å². The Kier molecular flexibility index (Phi) is 5.37. The number of carbonyl (C=O) groups excluding carboxylic acids is 1. The zero-order valence-electron chi connectivity index (χ0n) is 13.7. The average Bonchev–Trinajstić information content (AvgIpc) is 3.15. The zero-order valence-corrected chi connectivity index (χ0v) is 14.5. The van der Waals surface area contributed by atoms with E-state index in [2.05, 4.69) is 14.8 Å². The number of ether oxygens (including phenoxy) is 1. The highest BCUT2D eigenvalue weighted by Crippen LogP contribution is 2.27. The number of phenols is 1. The number of methoxy groups -OCH3 is 1. The molecule has 0 aliphatic carbocycles. The normalized spacial score (nSPS) is 10.5. The van der Waals surface area contributed by atoms with Crippen LogP contribution in [0.15, 0.2) is 53.9 Å². The third kappa shape index (κ3) is 4.31. The van der Waals surface area contributed by atoms with E-state index in [1.54, 1.807) is 29.2 Å². The molecule has 0 radical (unpaired) electrons. The molecule has 0 aliphatic rings. The molecule has 3 aromatic rings. The summed E-state index contributed by atoms with van der Waals surface area (Å²) in [5, 5.41) is 13.3. The van der Waals surface area contributed by atoms with Crippen molar-refractivity contribution in [3.8, 4) is 5.75 Å². The van der Waals surface area contributed by atoms with E-state index < -0.39 is 17.5 Å². The molecule has 2 aromatic carbocycles. The second-order valence-corrected chi connectivity index (χ2v) is 6.20. The maximum atomic E-state index is 13.4. The minimum atomic E-state index is -0.702. The molecule has 0 unspecified atom stereocenters. The Bertz CT molecular complexity index is 918. The second-order valence-electron chi connectivity index (χ2n) is 5.32. The smallest absolute Gasteiger partial charge is 0.337 e. The highest BCUT2D eigenvalue weighted by molar-refractivity contribution is 8.00. The number of nitrogens with one attached hydrogen (secondary N) is 1. The van der Waals surface area contributed by atoms with Gasteiger partial charge in [0, 0.05) is 10.6 Å². The molecule has 2 N–H and O–H groups in total. The molecule has 3 rings (SSSR count). The highest BCUT2D eigenvalue weighted by atomic mass is 32.2. The van der Waals surface area contributed by atoms with Crippen LogP contribution in [0, 0.1) is 5.82 Å². The summed E-state index contributed by atoms with van der Waals surface area (Å²) in [5.74, 6) is -1.57. The van der Waals surface area contributed by atoms with Crippen LogP contribution in [0.4, 0.5) is 10.1 Å². The van der Waals surface area contributed by atoms with Gasteiger partial charge in [-0.3, -0.25) is 0 Å². The van der Waals surface area contributed by atoms with Crippen LogP contribution in [-0.2, 0) is 11.3 Å². The van der Waals surface area contributed by atoms with Crippen molar-refractivity contribution in [2.24, 2.45) is 0 Å². The molecule has 1 aromatic heterocycles. The summed E-state index contributed by atoms with van der Waals surface area (Å²) in [5.41, 5.74) is 1.84. The molecule has 0 aliphatic heterocycles. The van der Waals surface area contributed by atoms with Gasteiger partial charge in [0.15, 0.2) is 11.6 Å². The maximum absolute atomic E-state index is 13.4. The number of halogens is 1. The summed E-state index contributed by atoms with van der Waals surface area (Å²) in [4.78, 5) is 16.4. The number of nitrogens with zero attached hydrogens (tertiary/aromatic N) is 3. The summed E-state index contributed by atoms with van der Waals surface area (Å²) >= 11 is 1.15. The molecule has 0 saturated carbocycles. The number of carbonyl (C=O) groups is 1. The summed E-state index contributed by atoms with van der Waals surface area (Å²) in [6, 6.07) is 9.27. The number of hydrogen-bond acceptors (Lipinski definition) is 7. The first-order chi connectivity index (χ1) is 12.5. The van der Waals surface area contributed by atoms with Gasteiger partial charge in [-0.2, -0.15) is 5.10 Å². The first-order valence-corrected chi connectivity index (χ1v) is 8.33. The molecular weight excluding hydrogens is 359 g/mol. The van der Waals surface area contributed by atoms with Crippen molar-refractivity contribution in [3.63, 3.8) is 0 Å². The quantitative estimate of drug-likeness (QED) is 0.506. The van der Waals surface area contributed by atoms with E-state index in [-0.39, 0.29) is 0 Å². The van der Waals surface area contributed by atoms with Crippen LogP contribution >= 0.6 is 11.9 Å². The van der Waals surface area contributed by atoms with Crippen LogP contribution in [0.5, 0.6) is 5.75 Å². The minimum Gasteiger partial charge on any atom is -0.505 e. The zero-order chi connectivity index (χ0) is 18.5. The topological polar surface area (TPSA) is 89.3 Å². The third-order valence-corrected chi connectivity index (χ3v) is 4.26. The van der Waals surface area contributed by atoms with Gasteiger partial charge in [0.1, 0.15) is 12.7 Å². The standard InChI is InChI=1S/C17H15FN4O3S/c1-25-17(24)12-4-11(8-22-10-19-9-20-22)5-13(6-12)21-26-14-2-3-16(23)15(18)7-14/h2-7,9-10,21,23H,8H2,1H3. The monoisotopic (exact) mass is 374 g/mol. The van der Waals surface area contributed by atoms with E-state index >= 15 is 0 Å². The number of phenolic OH excluding ortho intramolecular Hbond substituents is 1. The SMILES string of the molecule is COC(=O)c1cc(Cn2cncn2)cc(NSc2ccc(O)c(F)c2)c1. The van der Waals surface area contributed by atoms with Crippen molar-refractivity contribution >= 4 is 23.6 Å². The third-order valence-electron chi connectivity index (χ3n) is 3.43. The van der Waals surface area contributed by atoms with Crippen molar-refractivity contribution < 1.29 is 19.0 Å². The van der Waals surface area contributed by atoms with Crippen molar-refractivity contribution in [1.82, 2.24) is 14.8 Å². The fourth-order valence-electron chi connectivity index (χ4n) is 2.25. The van der Waals surface area contributed by atoms with Crippen LogP contribution in [0.2, 0.25) is 0 Å². The molecule has 0 amide bonds.